The van der Waals surface area contributed by atoms with Crippen molar-refractivity contribution in [2.45, 2.75) is 24.8 Å². The molecule has 0 amide bonds. The van der Waals surface area contributed by atoms with Crippen LogP contribution in [0.25, 0.3) is 0 Å². The Labute approximate surface area is 125 Å². The topological polar surface area (TPSA) is 83.5 Å². The maximum atomic E-state index is 12.1. The van der Waals surface area contributed by atoms with Gasteiger partial charge in [-0.3, -0.25) is 4.79 Å². The Morgan fingerprint density at radius 1 is 1.42 bits per heavy atom. The summed E-state index contributed by atoms with van der Waals surface area (Å²) in [4.78, 5) is 10.9. The molecule has 0 aliphatic rings. The Balaban J connectivity index is 3.17. The molecule has 0 radical (unpaired) electrons. The number of hydrogen-bond donors (Lipinski definition) is 2. The Morgan fingerprint density at radius 3 is 2.47 bits per heavy atom. The van der Waals surface area contributed by atoms with Crippen molar-refractivity contribution in [3.63, 3.8) is 0 Å². The van der Waals surface area contributed by atoms with Crippen molar-refractivity contribution in [1.82, 2.24) is 4.72 Å². The summed E-state index contributed by atoms with van der Waals surface area (Å²) in [6.45, 7) is 3.23. The number of carboxylic acid groups (broad SMARTS) is 1. The summed E-state index contributed by atoms with van der Waals surface area (Å²) in [5, 5.41) is 9.04. The van der Waals surface area contributed by atoms with Gasteiger partial charge in [0.2, 0.25) is 10.0 Å². The molecule has 1 rings (SSSR count). The first-order valence-corrected chi connectivity index (χ1v) is 8.00. The number of rotatable bonds is 5. The van der Waals surface area contributed by atoms with E-state index in [2.05, 4.69) is 20.7 Å². The first-order valence-electron chi connectivity index (χ1n) is 5.35. The normalized spacial score (nSPS) is 13.5. The first-order chi connectivity index (χ1) is 8.65. The van der Waals surface area contributed by atoms with E-state index in [0.29, 0.717) is 4.47 Å². The third-order valence-corrected chi connectivity index (χ3v) is 4.81. The Kier molecular flexibility index (Phi) is 5.37. The molecule has 8 heteroatoms. The van der Waals surface area contributed by atoms with E-state index in [1.807, 2.05) is 0 Å². The van der Waals surface area contributed by atoms with E-state index < -0.39 is 28.0 Å². The van der Waals surface area contributed by atoms with Crippen LogP contribution >= 0.6 is 27.5 Å². The maximum absolute atomic E-state index is 12.1. The van der Waals surface area contributed by atoms with Gasteiger partial charge in [-0.05, 0) is 24.1 Å². The quantitative estimate of drug-likeness (QED) is 0.834. The molecule has 0 aromatic heterocycles. The molecule has 0 unspecified atom stereocenters. The van der Waals surface area contributed by atoms with Crippen molar-refractivity contribution in [2.24, 2.45) is 5.92 Å². The molecule has 106 valence electrons. The molecule has 0 aliphatic carbocycles. The fourth-order valence-electron chi connectivity index (χ4n) is 1.39. The fraction of sp³-hybridized carbons (Fsp3) is 0.364. The minimum atomic E-state index is -4.00. The maximum Gasteiger partial charge on any atom is 0.322 e. The SMILES string of the molecule is CC(C)[C@@H](NS(=O)(=O)c1cc(Br)ccc1Cl)C(=O)O. The molecule has 1 atom stereocenters. The van der Waals surface area contributed by atoms with Crippen molar-refractivity contribution in [2.75, 3.05) is 0 Å². The number of hydrogen-bond acceptors (Lipinski definition) is 3. The van der Waals surface area contributed by atoms with E-state index >= 15 is 0 Å². The smallest absolute Gasteiger partial charge is 0.322 e. The zero-order chi connectivity index (χ0) is 14.8. The lowest BCUT2D eigenvalue weighted by Gasteiger charge is -2.18. The van der Waals surface area contributed by atoms with Gasteiger partial charge in [0.25, 0.3) is 0 Å². The fourth-order valence-corrected chi connectivity index (χ4v) is 3.76. The summed E-state index contributed by atoms with van der Waals surface area (Å²) in [6, 6.07) is 3.13. The predicted molar refractivity (Wildman–Crippen MR) is 75.7 cm³/mol. The highest BCUT2D eigenvalue weighted by molar-refractivity contribution is 9.10. The highest BCUT2D eigenvalue weighted by atomic mass is 79.9. The molecule has 0 saturated carbocycles. The molecule has 1 aromatic carbocycles. The lowest BCUT2D eigenvalue weighted by atomic mass is 10.1. The van der Waals surface area contributed by atoms with Gasteiger partial charge in [0.15, 0.2) is 0 Å². The monoisotopic (exact) mass is 369 g/mol. The molecule has 0 spiro atoms. The summed E-state index contributed by atoms with van der Waals surface area (Å²) < 4.78 is 27.0. The summed E-state index contributed by atoms with van der Waals surface area (Å²) in [7, 11) is -4.00. The number of halogens is 2. The lowest BCUT2D eigenvalue weighted by Crippen LogP contribution is -2.44. The van der Waals surface area contributed by atoms with E-state index in [4.69, 9.17) is 16.7 Å². The summed E-state index contributed by atoms with van der Waals surface area (Å²) >= 11 is 8.98. The number of nitrogens with one attached hydrogen (secondary N) is 1. The van der Waals surface area contributed by atoms with Crippen molar-refractivity contribution in [3.05, 3.63) is 27.7 Å². The standard InChI is InChI=1S/C11H13BrClNO4S/c1-6(2)10(11(15)16)14-19(17,18)9-5-7(12)3-4-8(9)13/h3-6,10,14H,1-2H3,(H,15,16)/t10-/m1/s1. The second-order valence-electron chi connectivity index (χ2n) is 4.26. The molecular formula is C11H13BrClNO4S. The second kappa shape index (κ2) is 6.21. The third kappa shape index (κ3) is 4.17. The van der Waals surface area contributed by atoms with Crippen LogP contribution in [0.3, 0.4) is 0 Å². The number of sulfonamides is 1. The summed E-state index contributed by atoms with van der Waals surface area (Å²) in [5.41, 5.74) is 0. The van der Waals surface area contributed by atoms with Crippen LogP contribution in [-0.4, -0.2) is 25.5 Å². The minimum Gasteiger partial charge on any atom is -0.480 e. The molecule has 0 aliphatic heterocycles. The molecule has 0 heterocycles. The van der Waals surface area contributed by atoms with Crippen molar-refractivity contribution < 1.29 is 18.3 Å². The Bertz CT molecular complexity index is 588. The van der Waals surface area contributed by atoms with Crippen molar-refractivity contribution in [3.8, 4) is 0 Å². The Morgan fingerprint density at radius 2 is 2.00 bits per heavy atom. The van der Waals surface area contributed by atoms with Gasteiger partial charge >= 0.3 is 5.97 Å². The average molecular weight is 371 g/mol. The van der Waals surface area contributed by atoms with Gasteiger partial charge in [0.05, 0.1) is 5.02 Å². The van der Waals surface area contributed by atoms with Gasteiger partial charge in [-0.15, -0.1) is 0 Å². The van der Waals surface area contributed by atoms with Crippen molar-refractivity contribution in [1.29, 1.82) is 0 Å². The van der Waals surface area contributed by atoms with Gasteiger partial charge in [-0.1, -0.05) is 41.4 Å². The number of carboxylic acids is 1. The lowest BCUT2D eigenvalue weighted by molar-refractivity contribution is -0.140. The molecule has 1 aromatic rings. The Hall–Kier alpha value is -0.630. The van der Waals surface area contributed by atoms with Crippen molar-refractivity contribution >= 4 is 43.5 Å². The van der Waals surface area contributed by atoms with E-state index in [1.165, 1.54) is 12.1 Å². The summed E-state index contributed by atoms with van der Waals surface area (Å²) in [5.74, 6) is -1.62. The molecule has 0 bridgehead atoms. The molecule has 0 fully saturated rings. The third-order valence-electron chi connectivity index (χ3n) is 2.40. The first kappa shape index (κ1) is 16.4. The van der Waals surface area contributed by atoms with E-state index in [9.17, 15) is 13.2 Å². The molecule has 2 N–H and O–H groups in total. The van der Waals surface area contributed by atoms with E-state index in [0.717, 1.165) is 0 Å². The van der Waals surface area contributed by atoms with Crippen LogP contribution in [0.2, 0.25) is 5.02 Å². The van der Waals surface area contributed by atoms with Crippen LogP contribution in [0.5, 0.6) is 0 Å². The van der Waals surface area contributed by atoms with Gasteiger partial charge in [-0.25, -0.2) is 8.42 Å². The highest BCUT2D eigenvalue weighted by Gasteiger charge is 2.29. The molecule has 19 heavy (non-hydrogen) atoms. The molecule has 5 nitrogen and oxygen atoms in total. The zero-order valence-electron chi connectivity index (χ0n) is 10.2. The minimum absolute atomic E-state index is 0.0311. The van der Waals surface area contributed by atoms with Crippen LogP contribution in [0.1, 0.15) is 13.8 Å². The highest BCUT2D eigenvalue weighted by Crippen LogP contribution is 2.25. The number of aliphatic carboxylic acids is 1. The molecular weight excluding hydrogens is 358 g/mol. The van der Waals surface area contributed by atoms with Crippen LogP contribution < -0.4 is 4.72 Å². The molecule has 0 saturated heterocycles. The van der Waals surface area contributed by atoms with Gasteiger partial charge in [0.1, 0.15) is 10.9 Å². The van der Waals surface area contributed by atoms with Crippen LogP contribution in [0.4, 0.5) is 0 Å². The van der Waals surface area contributed by atoms with Gasteiger partial charge in [-0.2, -0.15) is 4.72 Å². The van der Waals surface area contributed by atoms with Gasteiger partial charge < -0.3 is 5.11 Å². The number of carbonyl (C=O) groups is 1. The van der Waals surface area contributed by atoms with Gasteiger partial charge in [0, 0.05) is 4.47 Å². The van der Waals surface area contributed by atoms with E-state index in [-0.39, 0.29) is 9.92 Å². The average Bonchev–Trinajstić information content (AvgIpc) is 2.28. The van der Waals surface area contributed by atoms with Crippen LogP contribution in [-0.2, 0) is 14.8 Å². The number of benzene rings is 1. The predicted octanol–water partition coefficient (Wildman–Crippen LogP) is 2.49. The van der Waals surface area contributed by atoms with Crippen LogP contribution in [0, 0.1) is 5.92 Å². The largest absolute Gasteiger partial charge is 0.480 e. The van der Waals surface area contributed by atoms with E-state index in [1.54, 1.807) is 19.9 Å². The second-order valence-corrected chi connectivity index (χ2v) is 7.26. The van der Waals surface area contributed by atoms with Crippen LogP contribution in [0.15, 0.2) is 27.6 Å². The summed E-state index contributed by atoms with van der Waals surface area (Å²) in [6.07, 6.45) is 0. The zero-order valence-corrected chi connectivity index (χ0v) is 13.4.